The molecule has 2 aromatic carbocycles. The van der Waals surface area contributed by atoms with Crippen molar-refractivity contribution in [3.8, 4) is 0 Å². The van der Waals surface area contributed by atoms with E-state index in [1.165, 1.54) is 19.1 Å². The molecule has 0 saturated carbocycles. The molecule has 0 fully saturated rings. The third kappa shape index (κ3) is 3.34. The molecular weight excluding hydrogens is 315 g/mol. The molecule has 0 radical (unpaired) electrons. The van der Waals surface area contributed by atoms with E-state index in [1.807, 2.05) is 0 Å². The number of benzene rings is 2. The Morgan fingerprint density at radius 3 is 2.57 bits per heavy atom. The van der Waals surface area contributed by atoms with Gasteiger partial charge in [-0.05, 0) is 36.8 Å². The summed E-state index contributed by atoms with van der Waals surface area (Å²) < 4.78 is 40.8. The average molecular weight is 329 g/mol. The van der Waals surface area contributed by atoms with Crippen LogP contribution in [0, 0.1) is 12.7 Å². The molecule has 0 atom stereocenters. The minimum absolute atomic E-state index is 0.0539. The monoisotopic (exact) mass is 328 g/mol. The van der Waals surface area contributed by atoms with E-state index in [2.05, 4.69) is 4.72 Å². The van der Waals surface area contributed by atoms with Gasteiger partial charge in [0.15, 0.2) is 0 Å². The number of hydrogen-bond donors (Lipinski definition) is 2. The summed E-state index contributed by atoms with van der Waals surface area (Å²) in [5.74, 6) is -0.491. The lowest BCUT2D eigenvalue weighted by Gasteiger charge is -2.12. The molecule has 21 heavy (non-hydrogen) atoms. The normalized spacial score (nSPS) is 11.4. The number of hydrogen-bond acceptors (Lipinski definition) is 3. The van der Waals surface area contributed by atoms with Crippen LogP contribution in [0.3, 0.4) is 0 Å². The van der Waals surface area contributed by atoms with Crippen molar-refractivity contribution in [3.63, 3.8) is 0 Å². The average Bonchev–Trinajstić information content (AvgIpc) is 2.44. The molecule has 0 aliphatic heterocycles. The number of sulfonamides is 1. The van der Waals surface area contributed by atoms with Crippen molar-refractivity contribution < 1.29 is 12.8 Å². The van der Waals surface area contributed by atoms with Gasteiger partial charge in [-0.2, -0.15) is 0 Å². The molecular formula is C14H14ClFN2O2S. The first-order chi connectivity index (χ1) is 9.85. The first kappa shape index (κ1) is 15.8. The maximum Gasteiger partial charge on any atom is 0.261 e. The van der Waals surface area contributed by atoms with E-state index >= 15 is 0 Å². The highest BCUT2D eigenvalue weighted by atomic mass is 35.5. The van der Waals surface area contributed by atoms with Gasteiger partial charge in [-0.15, -0.1) is 0 Å². The highest BCUT2D eigenvalue weighted by Crippen LogP contribution is 2.25. The van der Waals surface area contributed by atoms with Crippen LogP contribution in [0.5, 0.6) is 0 Å². The van der Waals surface area contributed by atoms with E-state index < -0.39 is 15.8 Å². The van der Waals surface area contributed by atoms with Gasteiger partial charge < -0.3 is 5.73 Å². The third-order valence-corrected chi connectivity index (χ3v) is 4.63. The van der Waals surface area contributed by atoms with Gasteiger partial charge >= 0.3 is 0 Å². The zero-order valence-electron chi connectivity index (χ0n) is 11.2. The van der Waals surface area contributed by atoms with Crippen molar-refractivity contribution in [1.29, 1.82) is 0 Å². The number of rotatable bonds is 4. The van der Waals surface area contributed by atoms with Crippen molar-refractivity contribution in [3.05, 3.63) is 58.4 Å². The summed E-state index contributed by atoms with van der Waals surface area (Å²) in [6.45, 7) is 1.41. The molecule has 0 aromatic heterocycles. The van der Waals surface area contributed by atoms with Gasteiger partial charge in [0, 0.05) is 12.1 Å². The number of para-hydroxylation sites is 1. The lowest BCUT2D eigenvalue weighted by molar-refractivity contribution is 0.592. The molecule has 0 spiro atoms. The van der Waals surface area contributed by atoms with Gasteiger partial charge in [-0.3, -0.25) is 4.72 Å². The summed E-state index contributed by atoms with van der Waals surface area (Å²) in [7, 11) is -3.86. The molecule has 2 aromatic rings. The van der Waals surface area contributed by atoms with Crippen LogP contribution in [0.15, 0.2) is 41.3 Å². The van der Waals surface area contributed by atoms with Gasteiger partial charge in [-0.1, -0.05) is 23.7 Å². The molecule has 3 N–H and O–H groups in total. The Morgan fingerprint density at radius 1 is 1.29 bits per heavy atom. The molecule has 0 amide bonds. The quantitative estimate of drug-likeness (QED) is 0.906. The third-order valence-electron chi connectivity index (χ3n) is 2.95. The number of nitrogens with one attached hydrogen (secondary N) is 1. The fraction of sp³-hybridized carbons (Fsp3) is 0.143. The summed E-state index contributed by atoms with van der Waals surface area (Å²) in [5.41, 5.74) is 6.06. The topological polar surface area (TPSA) is 72.2 Å². The maximum atomic E-state index is 13.7. The Morgan fingerprint density at radius 2 is 1.95 bits per heavy atom. The maximum absolute atomic E-state index is 13.7. The zero-order chi connectivity index (χ0) is 15.6. The van der Waals surface area contributed by atoms with Crippen LogP contribution < -0.4 is 10.5 Å². The molecule has 0 bridgehead atoms. The van der Waals surface area contributed by atoms with E-state index in [4.69, 9.17) is 17.3 Å². The lowest BCUT2D eigenvalue weighted by atomic mass is 10.1. The zero-order valence-corrected chi connectivity index (χ0v) is 12.8. The van der Waals surface area contributed by atoms with Gasteiger partial charge in [0.2, 0.25) is 0 Å². The minimum Gasteiger partial charge on any atom is -0.326 e. The molecule has 0 heterocycles. The van der Waals surface area contributed by atoms with Crippen LogP contribution in [0.25, 0.3) is 0 Å². The van der Waals surface area contributed by atoms with Crippen molar-refractivity contribution >= 4 is 27.3 Å². The largest absolute Gasteiger partial charge is 0.326 e. The molecule has 7 heteroatoms. The van der Waals surface area contributed by atoms with E-state index in [1.54, 1.807) is 24.3 Å². The molecule has 0 unspecified atom stereocenters. The summed E-state index contributed by atoms with van der Waals surface area (Å²) in [6, 6.07) is 8.94. The predicted molar refractivity (Wildman–Crippen MR) is 81.3 cm³/mol. The van der Waals surface area contributed by atoms with Crippen molar-refractivity contribution in [2.75, 3.05) is 4.72 Å². The molecule has 2 rings (SSSR count). The van der Waals surface area contributed by atoms with E-state index in [9.17, 15) is 12.8 Å². The number of halogens is 2. The summed E-state index contributed by atoms with van der Waals surface area (Å²) >= 11 is 5.93. The second-order valence-electron chi connectivity index (χ2n) is 4.50. The van der Waals surface area contributed by atoms with E-state index in [0.717, 1.165) is 0 Å². The van der Waals surface area contributed by atoms with Gasteiger partial charge in [0.25, 0.3) is 10.0 Å². The molecule has 0 aliphatic rings. The molecule has 4 nitrogen and oxygen atoms in total. The summed E-state index contributed by atoms with van der Waals surface area (Å²) in [6.07, 6.45) is 0. The standard InChI is InChI=1S/C14H14ClFN2O2S/c1-9-6-11(7-10(8-17)14(9)16)21(19,20)18-13-5-3-2-4-12(13)15/h2-7,18H,8,17H2,1H3. The number of aryl methyl sites for hydroxylation is 1. The summed E-state index contributed by atoms with van der Waals surface area (Å²) in [4.78, 5) is -0.0539. The summed E-state index contributed by atoms with van der Waals surface area (Å²) in [5, 5.41) is 0.277. The fourth-order valence-corrected chi connectivity index (χ4v) is 3.31. The lowest BCUT2D eigenvalue weighted by Crippen LogP contribution is -2.15. The number of nitrogens with two attached hydrogens (primary N) is 1. The van der Waals surface area contributed by atoms with Crippen molar-refractivity contribution in [1.82, 2.24) is 0 Å². The van der Waals surface area contributed by atoms with Crippen LogP contribution in [0.2, 0.25) is 5.02 Å². The Labute approximate surface area is 127 Å². The van der Waals surface area contributed by atoms with E-state index in [0.29, 0.717) is 0 Å². The second-order valence-corrected chi connectivity index (χ2v) is 6.59. The van der Waals surface area contributed by atoms with Crippen molar-refractivity contribution in [2.24, 2.45) is 5.73 Å². The Balaban J connectivity index is 2.45. The SMILES string of the molecule is Cc1cc(S(=O)(=O)Nc2ccccc2Cl)cc(CN)c1F. The van der Waals surface area contributed by atoms with Crippen LogP contribution in [0.1, 0.15) is 11.1 Å². The van der Waals surface area contributed by atoms with E-state index in [-0.39, 0.29) is 33.3 Å². The van der Waals surface area contributed by atoms with Gasteiger partial charge in [-0.25, -0.2) is 12.8 Å². The Hall–Kier alpha value is -1.63. The van der Waals surface area contributed by atoms with Crippen LogP contribution >= 0.6 is 11.6 Å². The van der Waals surface area contributed by atoms with Crippen LogP contribution in [0.4, 0.5) is 10.1 Å². The predicted octanol–water partition coefficient (Wildman–Crippen LogP) is 3.05. The first-order valence-corrected chi connectivity index (χ1v) is 7.97. The highest BCUT2D eigenvalue weighted by Gasteiger charge is 2.19. The first-order valence-electron chi connectivity index (χ1n) is 6.11. The Bertz CT molecular complexity index is 779. The molecule has 0 aliphatic carbocycles. The molecule has 112 valence electrons. The fourth-order valence-electron chi connectivity index (χ4n) is 1.86. The minimum atomic E-state index is -3.86. The van der Waals surface area contributed by atoms with Gasteiger partial charge in [0.05, 0.1) is 15.6 Å². The smallest absolute Gasteiger partial charge is 0.261 e. The van der Waals surface area contributed by atoms with Crippen molar-refractivity contribution in [2.45, 2.75) is 18.4 Å². The second kappa shape index (κ2) is 6.01. The van der Waals surface area contributed by atoms with Gasteiger partial charge in [0.1, 0.15) is 5.82 Å². The number of anilines is 1. The van der Waals surface area contributed by atoms with Crippen LogP contribution in [-0.4, -0.2) is 8.42 Å². The molecule has 0 saturated heterocycles. The Kier molecular flexibility index (Phi) is 4.51. The highest BCUT2D eigenvalue weighted by molar-refractivity contribution is 7.92. The van der Waals surface area contributed by atoms with Crippen LogP contribution in [-0.2, 0) is 16.6 Å².